The Bertz CT molecular complexity index is 389. The first-order valence-corrected chi connectivity index (χ1v) is 4.33. The zero-order valence-electron chi connectivity index (χ0n) is 7.65. The molecule has 0 bridgehead atoms. The van der Waals surface area contributed by atoms with Gasteiger partial charge in [0.25, 0.3) is 0 Å². The van der Waals surface area contributed by atoms with Gasteiger partial charge in [0, 0.05) is 12.6 Å². The number of benzene rings is 1. The lowest BCUT2D eigenvalue weighted by Gasteiger charge is -2.10. The molecule has 2 nitrogen and oxygen atoms in total. The van der Waals surface area contributed by atoms with E-state index >= 15 is 0 Å². The van der Waals surface area contributed by atoms with Gasteiger partial charge in [-0.1, -0.05) is 11.6 Å². The highest BCUT2D eigenvalue weighted by Crippen LogP contribution is 2.35. The van der Waals surface area contributed by atoms with Crippen LogP contribution in [0, 0.1) is 0 Å². The van der Waals surface area contributed by atoms with Crippen LogP contribution in [0.5, 0.6) is 0 Å². The van der Waals surface area contributed by atoms with Crippen molar-refractivity contribution in [3.05, 3.63) is 28.8 Å². The number of nitrogens with one attached hydrogen (secondary N) is 1. The van der Waals surface area contributed by atoms with Crippen molar-refractivity contribution in [2.75, 3.05) is 5.32 Å². The Morgan fingerprint density at radius 1 is 1.40 bits per heavy atom. The highest BCUT2D eigenvalue weighted by molar-refractivity contribution is 6.31. The number of alkyl halides is 3. The summed E-state index contributed by atoms with van der Waals surface area (Å²) in [6.07, 6.45) is -4.48. The second-order valence-electron chi connectivity index (χ2n) is 2.87. The topological polar surface area (TPSA) is 29.1 Å². The van der Waals surface area contributed by atoms with E-state index in [9.17, 15) is 18.0 Å². The first-order valence-electron chi connectivity index (χ1n) is 3.95. The summed E-state index contributed by atoms with van der Waals surface area (Å²) >= 11 is 5.43. The maximum Gasteiger partial charge on any atom is 0.417 e. The number of carbonyl (C=O) groups is 1. The molecule has 82 valence electrons. The third kappa shape index (κ3) is 3.13. The fourth-order valence-electron chi connectivity index (χ4n) is 1.03. The molecule has 0 saturated carbocycles. The van der Waals surface area contributed by atoms with E-state index in [2.05, 4.69) is 5.32 Å². The van der Waals surface area contributed by atoms with Crippen molar-refractivity contribution in [3.63, 3.8) is 0 Å². The molecule has 1 aromatic rings. The van der Waals surface area contributed by atoms with Crippen LogP contribution in [-0.2, 0) is 11.0 Å². The van der Waals surface area contributed by atoms with Gasteiger partial charge in [0.1, 0.15) is 0 Å². The van der Waals surface area contributed by atoms with E-state index in [-0.39, 0.29) is 11.6 Å². The van der Waals surface area contributed by atoms with Gasteiger partial charge in [0.15, 0.2) is 0 Å². The summed E-state index contributed by atoms with van der Waals surface area (Å²) in [7, 11) is 0. The van der Waals surface area contributed by atoms with Crippen molar-refractivity contribution < 1.29 is 18.0 Å². The maximum absolute atomic E-state index is 12.3. The molecule has 0 aliphatic rings. The van der Waals surface area contributed by atoms with Gasteiger partial charge < -0.3 is 5.32 Å². The molecule has 0 fully saturated rings. The number of halogens is 4. The molecule has 0 aromatic heterocycles. The van der Waals surface area contributed by atoms with E-state index in [1.807, 2.05) is 0 Å². The van der Waals surface area contributed by atoms with Crippen molar-refractivity contribution in [1.82, 2.24) is 0 Å². The van der Waals surface area contributed by atoms with Crippen molar-refractivity contribution >= 4 is 23.2 Å². The molecule has 6 heteroatoms. The lowest BCUT2D eigenvalue weighted by molar-refractivity contribution is -0.137. The third-order valence-electron chi connectivity index (χ3n) is 1.59. The van der Waals surface area contributed by atoms with Gasteiger partial charge in [-0.15, -0.1) is 0 Å². The summed E-state index contributed by atoms with van der Waals surface area (Å²) in [5.41, 5.74) is -0.682. The van der Waals surface area contributed by atoms with Crippen LogP contribution in [0.1, 0.15) is 12.5 Å². The van der Waals surface area contributed by atoms with E-state index in [1.165, 1.54) is 6.92 Å². The Labute approximate surface area is 89.0 Å². The monoisotopic (exact) mass is 237 g/mol. The zero-order valence-corrected chi connectivity index (χ0v) is 8.41. The van der Waals surface area contributed by atoms with Crippen LogP contribution in [-0.4, -0.2) is 5.91 Å². The van der Waals surface area contributed by atoms with Gasteiger partial charge in [-0.05, 0) is 18.2 Å². The van der Waals surface area contributed by atoms with Gasteiger partial charge in [-0.2, -0.15) is 13.2 Å². The summed E-state index contributed by atoms with van der Waals surface area (Å²) in [5, 5.41) is 1.90. The molecule has 1 amide bonds. The summed E-state index contributed by atoms with van der Waals surface area (Å²) in [5.74, 6) is -0.370. The average molecular weight is 238 g/mol. The fourth-order valence-corrected chi connectivity index (χ4v) is 1.31. The van der Waals surface area contributed by atoms with E-state index in [4.69, 9.17) is 11.6 Å². The standard InChI is InChI=1S/C9H7ClF3NO/c1-5(15)14-6-2-3-7(8(10)4-6)9(11,12)13/h2-4H,1H3,(H,14,15). The largest absolute Gasteiger partial charge is 0.417 e. The molecule has 1 N–H and O–H groups in total. The van der Waals surface area contributed by atoms with Crippen molar-refractivity contribution in [2.45, 2.75) is 13.1 Å². The lowest BCUT2D eigenvalue weighted by Crippen LogP contribution is -2.08. The normalized spacial score (nSPS) is 11.3. The van der Waals surface area contributed by atoms with Gasteiger partial charge in [0.05, 0.1) is 10.6 Å². The van der Waals surface area contributed by atoms with Gasteiger partial charge in [-0.3, -0.25) is 4.79 Å². The molecule has 0 saturated heterocycles. The lowest BCUT2D eigenvalue weighted by atomic mass is 10.2. The first kappa shape index (κ1) is 11.8. The highest BCUT2D eigenvalue weighted by Gasteiger charge is 2.32. The van der Waals surface area contributed by atoms with Crippen LogP contribution >= 0.6 is 11.6 Å². The second-order valence-corrected chi connectivity index (χ2v) is 3.28. The third-order valence-corrected chi connectivity index (χ3v) is 1.91. The predicted octanol–water partition coefficient (Wildman–Crippen LogP) is 3.32. The molecule has 0 radical (unpaired) electrons. The number of carbonyl (C=O) groups excluding carboxylic acids is 1. The summed E-state index contributed by atoms with van der Waals surface area (Å²) in [6, 6.07) is 3.04. The second kappa shape index (κ2) is 4.10. The Morgan fingerprint density at radius 2 is 2.00 bits per heavy atom. The van der Waals surface area contributed by atoms with Crippen LogP contribution in [0.3, 0.4) is 0 Å². The van der Waals surface area contributed by atoms with Crippen LogP contribution < -0.4 is 5.32 Å². The molecule has 0 spiro atoms. The quantitative estimate of drug-likeness (QED) is 0.798. The van der Waals surface area contributed by atoms with Gasteiger partial charge >= 0.3 is 6.18 Å². The molecular formula is C9H7ClF3NO. The summed E-state index contributed by atoms with van der Waals surface area (Å²) in [6.45, 7) is 1.26. The minimum absolute atomic E-state index is 0.237. The molecule has 1 rings (SSSR count). The minimum Gasteiger partial charge on any atom is -0.326 e. The van der Waals surface area contributed by atoms with Crippen LogP contribution in [0.4, 0.5) is 18.9 Å². The number of anilines is 1. The molecule has 0 aliphatic heterocycles. The molecule has 0 unspecified atom stereocenters. The van der Waals surface area contributed by atoms with Crippen LogP contribution in [0.15, 0.2) is 18.2 Å². The first-order chi connectivity index (χ1) is 6.80. The van der Waals surface area contributed by atoms with E-state index < -0.39 is 16.8 Å². The zero-order chi connectivity index (χ0) is 11.6. The Balaban J connectivity index is 3.04. The van der Waals surface area contributed by atoms with Gasteiger partial charge in [0.2, 0.25) is 5.91 Å². The Kier molecular flexibility index (Phi) is 3.24. The molecule has 0 atom stereocenters. The predicted molar refractivity (Wildman–Crippen MR) is 50.8 cm³/mol. The minimum atomic E-state index is -4.48. The number of rotatable bonds is 1. The maximum atomic E-state index is 12.3. The fraction of sp³-hybridized carbons (Fsp3) is 0.222. The average Bonchev–Trinajstić information content (AvgIpc) is 1.99. The van der Waals surface area contributed by atoms with Crippen LogP contribution in [0.2, 0.25) is 5.02 Å². The van der Waals surface area contributed by atoms with Crippen LogP contribution in [0.25, 0.3) is 0 Å². The molecule has 1 aromatic carbocycles. The Hall–Kier alpha value is -1.23. The molecular weight excluding hydrogens is 231 g/mol. The number of hydrogen-bond donors (Lipinski definition) is 1. The summed E-state index contributed by atoms with van der Waals surface area (Å²) in [4.78, 5) is 10.6. The van der Waals surface area contributed by atoms with Crippen molar-refractivity contribution in [3.8, 4) is 0 Å². The number of hydrogen-bond acceptors (Lipinski definition) is 1. The van der Waals surface area contributed by atoms with E-state index in [1.54, 1.807) is 0 Å². The van der Waals surface area contributed by atoms with Gasteiger partial charge in [-0.25, -0.2) is 0 Å². The van der Waals surface area contributed by atoms with E-state index in [0.717, 1.165) is 18.2 Å². The van der Waals surface area contributed by atoms with Crippen molar-refractivity contribution in [2.24, 2.45) is 0 Å². The van der Waals surface area contributed by atoms with E-state index in [0.29, 0.717) is 0 Å². The smallest absolute Gasteiger partial charge is 0.326 e. The summed E-state index contributed by atoms with van der Waals surface area (Å²) < 4.78 is 36.8. The highest BCUT2D eigenvalue weighted by atomic mass is 35.5. The van der Waals surface area contributed by atoms with Crippen molar-refractivity contribution in [1.29, 1.82) is 0 Å². The Morgan fingerprint density at radius 3 is 2.40 bits per heavy atom. The molecule has 0 aliphatic carbocycles. The number of amides is 1. The SMILES string of the molecule is CC(=O)Nc1ccc(C(F)(F)F)c(Cl)c1. The molecule has 0 heterocycles. The molecule has 15 heavy (non-hydrogen) atoms.